The van der Waals surface area contributed by atoms with E-state index in [1.165, 1.54) is 12.2 Å². The number of methoxy groups -OCH3 is 4. The summed E-state index contributed by atoms with van der Waals surface area (Å²) in [6.45, 7) is 13.3. The van der Waals surface area contributed by atoms with Crippen LogP contribution in [0.4, 0.5) is 11.4 Å². The molecule has 3 fully saturated rings. The lowest BCUT2D eigenvalue weighted by Gasteiger charge is -2.33. The number of piperazine rings is 1. The van der Waals surface area contributed by atoms with Crippen LogP contribution in [0.2, 0.25) is 0 Å². The van der Waals surface area contributed by atoms with Gasteiger partial charge in [-0.15, -0.1) is 47.0 Å². The zero-order valence-electron chi connectivity index (χ0n) is 52.4. The van der Waals surface area contributed by atoms with Crippen LogP contribution in [-0.2, 0) is 9.59 Å². The first-order valence-corrected chi connectivity index (χ1v) is 34.8. The maximum atomic E-state index is 13.9. The van der Waals surface area contributed by atoms with E-state index in [2.05, 4.69) is 27.7 Å². The van der Waals surface area contributed by atoms with Crippen molar-refractivity contribution in [2.45, 2.75) is 100 Å². The van der Waals surface area contributed by atoms with Gasteiger partial charge in [-0.3, -0.25) is 19.2 Å². The van der Waals surface area contributed by atoms with Gasteiger partial charge in [-0.05, 0) is 134 Å². The van der Waals surface area contributed by atoms with Crippen molar-refractivity contribution in [1.29, 1.82) is 0 Å². The molecule has 4 aromatic rings. The van der Waals surface area contributed by atoms with E-state index in [1.54, 1.807) is 74.7 Å². The van der Waals surface area contributed by atoms with Gasteiger partial charge in [0.25, 0.3) is 11.8 Å². The topological polar surface area (TPSA) is 207 Å². The van der Waals surface area contributed by atoms with Gasteiger partial charge in [0.1, 0.15) is 0 Å². The van der Waals surface area contributed by atoms with Crippen molar-refractivity contribution >= 4 is 94.2 Å². The molecular weight excluding hydrogens is 1200 g/mol. The van der Waals surface area contributed by atoms with Crippen LogP contribution in [0.25, 0.3) is 12.2 Å². The Kier molecular flexibility index (Phi) is 28.1. The normalized spacial score (nSPS) is 16.1. The van der Waals surface area contributed by atoms with Crippen LogP contribution in [0.3, 0.4) is 0 Å². The molecule has 0 spiro atoms. The Hall–Kier alpha value is -6.36. The number of unbranched alkanes of at least 4 members (excludes halogenated alkanes) is 2. The Bertz CT molecular complexity index is 2790. The second-order valence-electron chi connectivity index (χ2n) is 21.1. The predicted octanol–water partition coefficient (Wildman–Crippen LogP) is 11.6. The molecule has 22 heteroatoms. The summed E-state index contributed by atoms with van der Waals surface area (Å²) in [5.41, 5.74) is 16.1. The number of ether oxygens (including phenoxy) is 8. The number of nitrogens with two attached hydrogens (primary N) is 2. The van der Waals surface area contributed by atoms with Gasteiger partial charge < -0.3 is 69.0 Å². The Morgan fingerprint density at radius 3 is 1.12 bits per heavy atom. The number of carbonyl (C=O) groups excluding carboxylic acids is 4. The van der Waals surface area contributed by atoms with Crippen molar-refractivity contribution in [3.05, 3.63) is 95.1 Å². The lowest BCUT2D eigenvalue weighted by Crippen LogP contribution is -2.49. The second kappa shape index (κ2) is 35.7. The summed E-state index contributed by atoms with van der Waals surface area (Å²) in [7, 11) is 6.27. The molecule has 3 saturated heterocycles. The van der Waals surface area contributed by atoms with Crippen molar-refractivity contribution < 1.29 is 57.1 Å². The molecule has 0 aromatic heterocycles. The van der Waals surface area contributed by atoms with E-state index >= 15 is 0 Å². The molecule has 4 aromatic carbocycles. The number of hydrogen-bond acceptors (Lipinski definition) is 18. The van der Waals surface area contributed by atoms with Crippen molar-refractivity contribution in [1.82, 2.24) is 19.6 Å². The van der Waals surface area contributed by atoms with Gasteiger partial charge in [0.15, 0.2) is 46.0 Å². The van der Waals surface area contributed by atoms with Crippen LogP contribution in [0.5, 0.6) is 46.0 Å². The molecule has 3 heterocycles. The third-order valence-corrected chi connectivity index (χ3v) is 21.0. The summed E-state index contributed by atoms with van der Waals surface area (Å²) in [5.74, 6) is 7.69. The quantitative estimate of drug-likeness (QED) is 0.0193. The van der Waals surface area contributed by atoms with Gasteiger partial charge in [-0.25, -0.2) is 0 Å². The van der Waals surface area contributed by atoms with Crippen LogP contribution in [0.1, 0.15) is 111 Å². The van der Waals surface area contributed by atoms with E-state index < -0.39 is 0 Å². The molecule has 2 atom stereocenters. The third-order valence-electron chi connectivity index (χ3n) is 15.4. The molecule has 7 rings (SSSR count). The van der Waals surface area contributed by atoms with Crippen LogP contribution in [-0.4, -0.2) is 182 Å². The molecule has 3 aliphatic rings. The van der Waals surface area contributed by atoms with Gasteiger partial charge in [-0.1, -0.05) is 39.8 Å². The largest absolute Gasteiger partial charge is 0.493 e. The Morgan fingerprint density at radius 1 is 0.466 bits per heavy atom. The molecule has 0 aliphatic carbocycles. The fourth-order valence-corrected chi connectivity index (χ4v) is 16.6. The number of amides is 4. The molecule has 4 N–H and O–H groups in total. The molecular formula is C66H90N6O12S4. The Morgan fingerprint density at radius 2 is 0.795 bits per heavy atom. The summed E-state index contributed by atoms with van der Waals surface area (Å²) in [4.78, 5) is 61.7. The van der Waals surface area contributed by atoms with E-state index in [0.29, 0.717) is 169 Å². The number of benzene rings is 4. The molecule has 0 radical (unpaired) electrons. The standard InChI is InChI=1S/C66H90N6O12S4/c1-9-85-65(86-10-2)51-19-17-29-71(51)63(75)47-41-57(79-7)59(43-49(47)67)83-37-15-13-35-81-53-25-21-45(39-55(53)77-5)23-27-61(73)69-31-33-70(34-32-69)62(74)28-24-46-22-26-54(56(40-46)78-6)82-36-14-16-38-84-60-44-50(68)48(42-58(60)80-8)64(76)72-30-18-20-52(72)66(87-11-3)88-12-4/h21-28,39-44,51-52,65-66H,9-20,29-38,67-68H2,1-8H3/b27-23+,28-24+/t51-,52-/m0/s1. The molecule has 88 heavy (non-hydrogen) atoms. The zero-order valence-corrected chi connectivity index (χ0v) is 55.7. The summed E-state index contributed by atoms with van der Waals surface area (Å²) in [5, 5.41) is 0. The second-order valence-corrected chi connectivity index (χ2v) is 27.4. The molecule has 0 bridgehead atoms. The van der Waals surface area contributed by atoms with Gasteiger partial charge in [-0.2, -0.15) is 0 Å². The summed E-state index contributed by atoms with van der Waals surface area (Å²) in [6.07, 6.45) is 13.2. The number of thioether (sulfide) groups is 4. The highest BCUT2D eigenvalue weighted by Crippen LogP contribution is 2.41. The highest BCUT2D eigenvalue weighted by Gasteiger charge is 2.38. The minimum absolute atomic E-state index is 0.0703. The van der Waals surface area contributed by atoms with Crippen molar-refractivity contribution in [3.8, 4) is 46.0 Å². The molecule has 4 amide bonds. The van der Waals surface area contributed by atoms with E-state index in [9.17, 15) is 19.2 Å². The number of anilines is 2. The number of rotatable bonds is 34. The number of carbonyl (C=O) groups is 4. The number of nitrogen functional groups attached to an aromatic ring is 2. The zero-order chi connectivity index (χ0) is 63.0. The van der Waals surface area contributed by atoms with Crippen LogP contribution >= 0.6 is 47.0 Å². The average molecular weight is 1290 g/mol. The average Bonchev–Trinajstić information content (AvgIpc) is 2.91. The minimum Gasteiger partial charge on any atom is -0.493 e. The lowest BCUT2D eigenvalue weighted by molar-refractivity contribution is -0.133. The summed E-state index contributed by atoms with van der Waals surface area (Å²) >= 11 is 7.60. The first kappa shape index (κ1) is 69.1. The predicted molar refractivity (Wildman–Crippen MR) is 361 cm³/mol. The maximum absolute atomic E-state index is 13.9. The Balaban J connectivity index is 0.791. The number of nitrogens with zero attached hydrogens (tertiary/aromatic N) is 4. The maximum Gasteiger partial charge on any atom is 0.256 e. The van der Waals surface area contributed by atoms with Crippen molar-refractivity contribution in [3.63, 3.8) is 0 Å². The van der Waals surface area contributed by atoms with Crippen LogP contribution in [0.15, 0.2) is 72.8 Å². The molecule has 18 nitrogen and oxygen atoms in total. The summed E-state index contributed by atoms with van der Waals surface area (Å²) in [6, 6.07) is 18.1. The minimum atomic E-state index is -0.150. The molecule has 480 valence electrons. The molecule has 3 aliphatic heterocycles. The number of likely N-dealkylation sites (tertiary alicyclic amines) is 2. The SMILES string of the molecule is CCSC(SCC)[C@@H]1CCCN1C(=O)c1cc(OC)c(OCCCCOc2ccc(/C=C/C(=O)N3CCN(C(=O)/C=C/c4ccc(OCCCCOc5cc(N)c(C(=O)N6CCC[C@H]6C(SCC)SCC)cc5OC)c(OC)c4)CC3)cc2OC)cc1N. The van der Waals surface area contributed by atoms with Crippen molar-refractivity contribution in [2.24, 2.45) is 0 Å². The highest BCUT2D eigenvalue weighted by atomic mass is 32.2. The lowest BCUT2D eigenvalue weighted by atomic mass is 10.1. The van der Waals surface area contributed by atoms with Crippen LogP contribution in [0, 0.1) is 0 Å². The smallest absolute Gasteiger partial charge is 0.256 e. The van der Waals surface area contributed by atoms with E-state index in [4.69, 9.17) is 49.4 Å². The first-order chi connectivity index (χ1) is 42.8. The fourth-order valence-electron chi connectivity index (χ4n) is 10.9. The van der Waals surface area contributed by atoms with E-state index in [0.717, 1.165) is 59.8 Å². The van der Waals surface area contributed by atoms with Gasteiger partial charge >= 0.3 is 0 Å². The highest BCUT2D eigenvalue weighted by molar-refractivity contribution is 8.17. The Labute approximate surface area is 537 Å². The van der Waals surface area contributed by atoms with Gasteiger partial charge in [0.2, 0.25) is 11.8 Å². The van der Waals surface area contributed by atoms with Gasteiger partial charge in [0, 0.05) is 74.9 Å². The molecule has 0 saturated carbocycles. The van der Waals surface area contributed by atoms with Crippen molar-refractivity contribution in [2.75, 3.05) is 129 Å². The monoisotopic (exact) mass is 1290 g/mol. The van der Waals surface area contributed by atoms with E-state index in [1.807, 2.05) is 93.2 Å². The van der Waals surface area contributed by atoms with Gasteiger partial charge in [0.05, 0.1) is 87.2 Å². The fraction of sp³-hybridized carbons (Fsp3) is 0.515. The van der Waals surface area contributed by atoms with Crippen LogP contribution < -0.4 is 49.4 Å². The third kappa shape index (κ3) is 18.9. The number of hydrogen-bond donors (Lipinski definition) is 2. The first-order valence-electron chi connectivity index (χ1n) is 30.6. The van der Waals surface area contributed by atoms with E-state index in [-0.39, 0.29) is 35.7 Å². The molecule has 0 unspecified atom stereocenters. The summed E-state index contributed by atoms with van der Waals surface area (Å²) < 4.78 is 47.6.